The van der Waals surface area contributed by atoms with E-state index in [1.165, 1.54) is 0 Å². The molecule has 1 atom stereocenters. The second-order valence-electron chi connectivity index (χ2n) is 6.37. The van der Waals surface area contributed by atoms with Gasteiger partial charge in [0.2, 0.25) is 10.0 Å². The fourth-order valence-corrected chi connectivity index (χ4v) is 4.22. The molecule has 0 unspecified atom stereocenters. The summed E-state index contributed by atoms with van der Waals surface area (Å²) in [4.78, 5) is 2.59. The number of aryl methyl sites for hydroxylation is 2. The summed E-state index contributed by atoms with van der Waals surface area (Å²) in [6, 6.07) is 8.90. The largest absolute Gasteiger partial charge is 0.468 e. The number of hydrogen-bond acceptors (Lipinski definition) is 4. The molecule has 130 valence electrons. The molecule has 6 heteroatoms. The molecule has 1 saturated heterocycles. The van der Waals surface area contributed by atoms with E-state index in [0.717, 1.165) is 42.8 Å². The Balaban J connectivity index is 1.76. The highest BCUT2D eigenvalue weighted by Gasteiger charge is 2.27. The van der Waals surface area contributed by atoms with Crippen molar-refractivity contribution < 1.29 is 12.8 Å². The molecule has 1 aliphatic heterocycles. The Hall–Kier alpha value is -1.63. The maximum atomic E-state index is 12.6. The van der Waals surface area contributed by atoms with Crippen molar-refractivity contribution in [2.24, 2.45) is 0 Å². The number of sulfonamides is 1. The highest BCUT2D eigenvalue weighted by Crippen LogP contribution is 2.25. The Morgan fingerprint density at radius 2 is 1.92 bits per heavy atom. The fraction of sp³-hybridized carbons (Fsp3) is 0.444. The summed E-state index contributed by atoms with van der Waals surface area (Å²) in [5.41, 5.74) is 2.06. The Morgan fingerprint density at radius 3 is 2.54 bits per heavy atom. The molecule has 1 aromatic heterocycles. The summed E-state index contributed by atoms with van der Waals surface area (Å²) in [5.74, 6) is 0.805. The third-order valence-corrected chi connectivity index (χ3v) is 6.13. The molecule has 0 spiro atoms. The first-order valence-electron chi connectivity index (χ1n) is 8.32. The van der Waals surface area contributed by atoms with Crippen LogP contribution in [-0.4, -0.2) is 33.0 Å². The summed E-state index contributed by atoms with van der Waals surface area (Å²) in [7, 11) is -3.53. The lowest BCUT2D eigenvalue weighted by Gasteiger charge is -2.26. The maximum Gasteiger partial charge on any atom is 0.240 e. The van der Waals surface area contributed by atoms with Gasteiger partial charge in [-0.1, -0.05) is 6.07 Å². The van der Waals surface area contributed by atoms with E-state index < -0.39 is 10.0 Å². The van der Waals surface area contributed by atoms with Crippen LogP contribution in [-0.2, 0) is 10.0 Å². The van der Waals surface area contributed by atoms with Crippen LogP contribution in [0.2, 0.25) is 0 Å². The molecular formula is C18H24N2O3S. The van der Waals surface area contributed by atoms with E-state index in [1.807, 2.05) is 32.0 Å². The van der Waals surface area contributed by atoms with Crippen molar-refractivity contribution in [3.05, 3.63) is 53.5 Å². The van der Waals surface area contributed by atoms with Gasteiger partial charge in [-0.2, -0.15) is 0 Å². The first-order valence-corrected chi connectivity index (χ1v) is 9.80. The van der Waals surface area contributed by atoms with Crippen molar-refractivity contribution in [3.8, 4) is 0 Å². The van der Waals surface area contributed by atoms with Crippen molar-refractivity contribution in [1.82, 2.24) is 9.62 Å². The van der Waals surface area contributed by atoms with E-state index >= 15 is 0 Å². The zero-order valence-electron chi connectivity index (χ0n) is 14.2. The number of benzene rings is 1. The van der Waals surface area contributed by atoms with Crippen molar-refractivity contribution >= 4 is 10.0 Å². The summed E-state index contributed by atoms with van der Waals surface area (Å²) in [5, 5.41) is 0. The highest BCUT2D eigenvalue weighted by atomic mass is 32.2. The van der Waals surface area contributed by atoms with Crippen LogP contribution in [0, 0.1) is 13.8 Å². The van der Waals surface area contributed by atoms with E-state index in [2.05, 4.69) is 9.62 Å². The Morgan fingerprint density at radius 1 is 1.17 bits per heavy atom. The minimum atomic E-state index is -3.53. The first kappa shape index (κ1) is 17.2. The summed E-state index contributed by atoms with van der Waals surface area (Å²) < 4.78 is 33.5. The monoisotopic (exact) mass is 348 g/mol. The van der Waals surface area contributed by atoms with E-state index in [4.69, 9.17) is 4.42 Å². The number of nitrogens with one attached hydrogen (secondary N) is 1. The number of furan rings is 1. The van der Waals surface area contributed by atoms with E-state index in [0.29, 0.717) is 11.4 Å². The van der Waals surface area contributed by atoms with Crippen LogP contribution in [0.1, 0.15) is 35.8 Å². The predicted octanol–water partition coefficient (Wildman–Crippen LogP) is 3.01. The number of likely N-dealkylation sites (tertiary alicyclic amines) is 1. The minimum absolute atomic E-state index is 0.0659. The quantitative estimate of drug-likeness (QED) is 0.872. The van der Waals surface area contributed by atoms with Crippen LogP contribution < -0.4 is 4.72 Å². The molecule has 24 heavy (non-hydrogen) atoms. The lowest BCUT2D eigenvalue weighted by atomic mass is 10.1. The molecule has 2 heterocycles. The van der Waals surface area contributed by atoms with E-state index in [9.17, 15) is 8.42 Å². The van der Waals surface area contributed by atoms with Crippen LogP contribution in [0.15, 0.2) is 45.9 Å². The van der Waals surface area contributed by atoms with Crippen LogP contribution in [0.4, 0.5) is 0 Å². The van der Waals surface area contributed by atoms with Gasteiger partial charge in [-0.05, 0) is 75.2 Å². The van der Waals surface area contributed by atoms with Crippen LogP contribution in [0.3, 0.4) is 0 Å². The Labute approximate surface area is 143 Å². The smallest absolute Gasteiger partial charge is 0.240 e. The third kappa shape index (κ3) is 3.71. The van der Waals surface area contributed by atoms with Gasteiger partial charge in [-0.15, -0.1) is 0 Å². The number of hydrogen-bond donors (Lipinski definition) is 1. The molecule has 3 rings (SSSR count). The zero-order valence-corrected chi connectivity index (χ0v) is 15.0. The van der Waals surface area contributed by atoms with Crippen molar-refractivity contribution in [2.45, 2.75) is 37.6 Å². The van der Waals surface area contributed by atoms with Gasteiger partial charge in [0.25, 0.3) is 0 Å². The van der Waals surface area contributed by atoms with Gasteiger partial charge in [-0.25, -0.2) is 13.1 Å². The lowest BCUT2D eigenvalue weighted by molar-refractivity contribution is 0.216. The third-order valence-electron chi connectivity index (χ3n) is 4.71. The second-order valence-corrected chi connectivity index (χ2v) is 8.14. The molecule has 1 aromatic carbocycles. The van der Waals surface area contributed by atoms with Gasteiger partial charge in [-0.3, -0.25) is 4.90 Å². The average Bonchev–Trinajstić information content (AvgIpc) is 3.24. The standard InChI is InChI=1S/C18H24N2O3S/c1-14-7-8-16(12-15(14)2)24(21,22)19-13-17(18-6-5-11-23-18)20-9-3-4-10-20/h5-8,11-12,17,19H,3-4,9-10,13H2,1-2H3/t17-/m0/s1. The molecule has 1 aliphatic rings. The van der Waals surface area contributed by atoms with Gasteiger partial charge < -0.3 is 4.42 Å². The molecule has 0 saturated carbocycles. The molecular weight excluding hydrogens is 324 g/mol. The Kier molecular flexibility index (Phi) is 5.08. The normalized spacial score (nSPS) is 17.2. The minimum Gasteiger partial charge on any atom is -0.468 e. The van der Waals surface area contributed by atoms with Crippen LogP contribution in [0.25, 0.3) is 0 Å². The van der Waals surface area contributed by atoms with Gasteiger partial charge >= 0.3 is 0 Å². The maximum absolute atomic E-state index is 12.6. The molecule has 0 aliphatic carbocycles. The van der Waals surface area contributed by atoms with E-state index in [-0.39, 0.29) is 6.04 Å². The Bertz CT molecular complexity index is 779. The van der Waals surface area contributed by atoms with Gasteiger partial charge in [0, 0.05) is 6.54 Å². The van der Waals surface area contributed by atoms with Gasteiger partial charge in [0.05, 0.1) is 17.2 Å². The van der Waals surface area contributed by atoms with Gasteiger partial charge in [0.1, 0.15) is 5.76 Å². The molecule has 1 fully saturated rings. The second kappa shape index (κ2) is 7.09. The van der Waals surface area contributed by atoms with Crippen LogP contribution >= 0.6 is 0 Å². The first-order chi connectivity index (χ1) is 11.5. The summed E-state index contributed by atoms with van der Waals surface area (Å²) in [6.45, 7) is 6.14. The lowest BCUT2D eigenvalue weighted by Crippen LogP contribution is -2.36. The zero-order chi connectivity index (χ0) is 17.2. The number of nitrogens with zero attached hydrogens (tertiary/aromatic N) is 1. The SMILES string of the molecule is Cc1ccc(S(=O)(=O)NC[C@@H](c2ccco2)N2CCCC2)cc1C. The summed E-state index contributed by atoms with van der Waals surface area (Å²) >= 11 is 0. The molecule has 1 N–H and O–H groups in total. The molecule has 0 radical (unpaired) electrons. The van der Waals surface area contributed by atoms with Crippen molar-refractivity contribution in [3.63, 3.8) is 0 Å². The number of rotatable bonds is 6. The average molecular weight is 348 g/mol. The molecule has 2 aromatic rings. The highest BCUT2D eigenvalue weighted by molar-refractivity contribution is 7.89. The summed E-state index contributed by atoms with van der Waals surface area (Å²) in [6.07, 6.45) is 3.92. The van der Waals surface area contributed by atoms with Crippen molar-refractivity contribution in [2.75, 3.05) is 19.6 Å². The van der Waals surface area contributed by atoms with Gasteiger partial charge in [0.15, 0.2) is 0 Å². The fourth-order valence-electron chi connectivity index (χ4n) is 3.10. The molecule has 5 nitrogen and oxygen atoms in total. The molecule has 0 amide bonds. The predicted molar refractivity (Wildman–Crippen MR) is 93.4 cm³/mol. The van der Waals surface area contributed by atoms with Crippen molar-refractivity contribution in [1.29, 1.82) is 0 Å². The topological polar surface area (TPSA) is 62.6 Å². The van der Waals surface area contributed by atoms with E-state index in [1.54, 1.807) is 18.4 Å². The molecule has 0 bridgehead atoms. The van der Waals surface area contributed by atoms with Crippen LogP contribution in [0.5, 0.6) is 0 Å².